The van der Waals surface area contributed by atoms with Crippen LogP contribution in [-0.4, -0.2) is 32.9 Å². The van der Waals surface area contributed by atoms with Gasteiger partial charge in [0.05, 0.1) is 29.2 Å². The third-order valence-electron chi connectivity index (χ3n) is 4.60. The van der Waals surface area contributed by atoms with Gasteiger partial charge in [0.15, 0.2) is 11.6 Å². The highest BCUT2D eigenvalue weighted by atomic mass is 35.5. The molecule has 148 valence electrons. The molecule has 2 aromatic heterocycles. The molecule has 1 fully saturated rings. The van der Waals surface area contributed by atoms with Crippen molar-refractivity contribution in [2.24, 2.45) is 7.05 Å². The number of aromatic nitrogens is 3. The maximum absolute atomic E-state index is 14.2. The molecule has 0 aliphatic carbocycles. The van der Waals surface area contributed by atoms with Gasteiger partial charge in [-0.1, -0.05) is 11.6 Å². The van der Waals surface area contributed by atoms with Crippen LogP contribution in [0.25, 0.3) is 11.0 Å². The molecule has 1 atom stereocenters. The molecule has 1 aromatic carbocycles. The van der Waals surface area contributed by atoms with Gasteiger partial charge in [0.1, 0.15) is 17.8 Å². The summed E-state index contributed by atoms with van der Waals surface area (Å²) in [6, 6.07) is 7.47. The van der Waals surface area contributed by atoms with Crippen molar-refractivity contribution >= 4 is 40.2 Å². The number of nitriles is 1. The van der Waals surface area contributed by atoms with E-state index in [0.29, 0.717) is 16.7 Å². The number of fused-ring (bicyclic) bond motifs is 1. The molecular weight excluding hydrogens is 403 g/mol. The number of nitrogens with one attached hydrogen (secondary N) is 2. The zero-order valence-corrected chi connectivity index (χ0v) is 15.8. The maximum Gasteiger partial charge on any atom is 0.407 e. The molecule has 0 radical (unpaired) electrons. The summed E-state index contributed by atoms with van der Waals surface area (Å²) < 4.78 is 22.1. The Bertz CT molecular complexity index is 1250. The topological polar surface area (TPSA) is 114 Å². The predicted molar refractivity (Wildman–Crippen MR) is 103 cm³/mol. The smallest absolute Gasteiger partial charge is 0.407 e. The third kappa shape index (κ3) is 3.36. The normalized spacial score (nSPS) is 15.8. The van der Waals surface area contributed by atoms with E-state index in [1.165, 1.54) is 9.13 Å². The van der Waals surface area contributed by atoms with E-state index in [2.05, 4.69) is 15.6 Å². The number of ether oxygens (including phenoxy) is 1. The Hall–Kier alpha value is -3.58. The number of halogens is 2. The van der Waals surface area contributed by atoms with Crippen LogP contribution in [0.15, 0.2) is 29.1 Å². The molecule has 3 heterocycles. The average molecular weight is 417 g/mol. The summed E-state index contributed by atoms with van der Waals surface area (Å²) in [5, 5.41) is 14.2. The van der Waals surface area contributed by atoms with Crippen molar-refractivity contribution in [1.29, 1.82) is 5.26 Å². The van der Waals surface area contributed by atoms with E-state index >= 15 is 0 Å². The lowest BCUT2D eigenvalue weighted by molar-refractivity contribution is 0.176. The van der Waals surface area contributed by atoms with Crippen LogP contribution >= 0.6 is 11.6 Å². The molecule has 0 unspecified atom stereocenters. The van der Waals surface area contributed by atoms with Crippen LogP contribution in [-0.2, 0) is 18.3 Å². The monoisotopic (exact) mass is 416 g/mol. The minimum Gasteiger partial charge on any atom is -0.447 e. The van der Waals surface area contributed by atoms with Gasteiger partial charge in [-0.25, -0.2) is 19.0 Å². The Balaban J connectivity index is 1.71. The molecule has 29 heavy (non-hydrogen) atoms. The third-order valence-corrected chi connectivity index (χ3v) is 4.89. The second-order valence-corrected chi connectivity index (χ2v) is 6.85. The van der Waals surface area contributed by atoms with Gasteiger partial charge in [0.25, 0.3) is 0 Å². The van der Waals surface area contributed by atoms with E-state index in [1.807, 2.05) is 0 Å². The number of amides is 1. The molecule has 1 saturated heterocycles. The number of aryl methyl sites for hydroxylation is 1. The number of cyclic esters (lactones) is 1. The van der Waals surface area contributed by atoms with Gasteiger partial charge in [0, 0.05) is 12.7 Å². The Morgan fingerprint density at radius 2 is 2.21 bits per heavy atom. The second kappa shape index (κ2) is 7.10. The molecule has 1 aliphatic heterocycles. The van der Waals surface area contributed by atoms with Gasteiger partial charge >= 0.3 is 11.8 Å². The first-order valence-electron chi connectivity index (χ1n) is 8.53. The van der Waals surface area contributed by atoms with Crippen LogP contribution in [0.2, 0.25) is 5.15 Å². The van der Waals surface area contributed by atoms with E-state index in [-0.39, 0.29) is 41.4 Å². The first kappa shape index (κ1) is 18.8. The molecule has 2 N–H and O–H groups in total. The van der Waals surface area contributed by atoms with Crippen molar-refractivity contribution in [1.82, 2.24) is 19.4 Å². The summed E-state index contributed by atoms with van der Waals surface area (Å²) in [5.74, 6) is -0.878. The number of imidazole rings is 1. The number of carbonyl (C=O) groups excluding carboxylic acids is 1. The van der Waals surface area contributed by atoms with Gasteiger partial charge in [-0.15, -0.1) is 0 Å². The van der Waals surface area contributed by atoms with Gasteiger partial charge in [-0.3, -0.25) is 9.13 Å². The summed E-state index contributed by atoms with van der Waals surface area (Å²) >= 11 is 5.88. The van der Waals surface area contributed by atoms with Gasteiger partial charge in [-0.05, 0) is 24.3 Å². The SMILES string of the molecule is Cn1c(=O)n(C[C@H]2COC(=O)N2)c2cc(Nc3nc(Cl)c(C#N)cc3F)ccc21. The van der Waals surface area contributed by atoms with Crippen molar-refractivity contribution in [3.8, 4) is 6.07 Å². The molecule has 1 amide bonds. The Morgan fingerprint density at radius 3 is 2.90 bits per heavy atom. The summed E-state index contributed by atoms with van der Waals surface area (Å²) in [6.07, 6.45) is -0.523. The quantitative estimate of drug-likeness (QED) is 0.630. The highest BCUT2D eigenvalue weighted by Crippen LogP contribution is 2.25. The van der Waals surface area contributed by atoms with Gasteiger partial charge in [0.2, 0.25) is 0 Å². The fourth-order valence-corrected chi connectivity index (χ4v) is 3.36. The highest BCUT2D eigenvalue weighted by molar-refractivity contribution is 6.30. The number of hydrogen-bond donors (Lipinski definition) is 2. The number of pyridine rings is 1. The van der Waals surface area contributed by atoms with Gasteiger partial charge in [-0.2, -0.15) is 5.26 Å². The molecule has 3 aromatic rings. The van der Waals surface area contributed by atoms with Crippen LogP contribution in [0.4, 0.5) is 20.7 Å². The van der Waals surface area contributed by atoms with Crippen LogP contribution in [0.3, 0.4) is 0 Å². The van der Waals surface area contributed by atoms with Crippen LogP contribution in [0.5, 0.6) is 0 Å². The highest BCUT2D eigenvalue weighted by Gasteiger charge is 2.24. The molecule has 0 saturated carbocycles. The number of rotatable bonds is 4. The number of nitrogens with zero attached hydrogens (tertiary/aromatic N) is 4. The van der Waals surface area contributed by atoms with E-state index < -0.39 is 11.9 Å². The summed E-state index contributed by atoms with van der Waals surface area (Å²) in [7, 11) is 1.64. The lowest BCUT2D eigenvalue weighted by atomic mass is 10.2. The average Bonchev–Trinajstić information content (AvgIpc) is 3.21. The standard InChI is InChI=1S/C18H14ClFN6O3/c1-25-13-3-2-10(22-16-12(20)4-9(6-21)15(19)24-16)5-14(13)26(18(25)28)7-11-8-29-17(27)23-11/h2-5,11H,7-8H2,1H3,(H,22,24)(H,23,27)/t11-/m0/s1. The maximum atomic E-state index is 14.2. The van der Waals surface area contributed by atoms with Crippen molar-refractivity contribution in [3.63, 3.8) is 0 Å². The minimum atomic E-state index is -0.734. The van der Waals surface area contributed by atoms with E-state index in [9.17, 15) is 14.0 Å². The predicted octanol–water partition coefficient (Wildman–Crippen LogP) is 2.25. The number of anilines is 2. The molecular formula is C18H14ClFN6O3. The summed E-state index contributed by atoms with van der Waals surface area (Å²) in [5.41, 5.74) is 1.39. The van der Waals surface area contributed by atoms with E-state index in [4.69, 9.17) is 21.6 Å². The Morgan fingerprint density at radius 1 is 1.41 bits per heavy atom. The molecule has 1 aliphatic rings. The molecule has 0 bridgehead atoms. The summed E-state index contributed by atoms with van der Waals surface area (Å²) in [6.45, 7) is 0.388. The van der Waals surface area contributed by atoms with Crippen molar-refractivity contribution < 1.29 is 13.9 Å². The first-order valence-corrected chi connectivity index (χ1v) is 8.91. The van der Waals surface area contributed by atoms with Crippen molar-refractivity contribution in [2.45, 2.75) is 12.6 Å². The lowest BCUT2D eigenvalue weighted by Crippen LogP contribution is -2.35. The largest absolute Gasteiger partial charge is 0.447 e. The second-order valence-electron chi connectivity index (χ2n) is 6.49. The van der Waals surface area contributed by atoms with Gasteiger partial charge < -0.3 is 15.4 Å². The fourth-order valence-electron chi connectivity index (χ4n) is 3.18. The number of alkyl carbamates (subject to hydrolysis) is 1. The number of carbonyl (C=O) groups is 1. The number of benzene rings is 1. The molecule has 0 spiro atoms. The summed E-state index contributed by atoms with van der Waals surface area (Å²) in [4.78, 5) is 27.8. The minimum absolute atomic E-state index is 0.0668. The fraction of sp³-hybridized carbons (Fsp3) is 0.222. The van der Waals surface area contributed by atoms with Crippen molar-refractivity contribution in [2.75, 3.05) is 11.9 Å². The van der Waals surface area contributed by atoms with Crippen LogP contribution in [0, 0.1) is 17.1 Å². The van der Waals surface area contributed by atoms with Crippen molar-refractivity contribution in [3.05, 3.63) is 51.3 Å². The van der Waals surface area contributed by atoms with E-state index in [1.54, 1.807) is 31.3 Å². The Kier molecular flexibility index (Phi) is 4.60. The van der Waals surface area contributed by atoms with Crippen LogP contribution < -0.4 is 16.3 Å². The Labute approximate surface area is 168 Å². The lowest BCUT2D eigenvalue weighted by Gasteiger charge is -2.10. The molecule has 4 rings (SSSR count). The van der Waals surface area contributed by atoms with E-state index in [0.717, 1.165) is 6.07 Å². The molecule has 11 heteroatoms. The first-order chi connectivity index (χ1) is 13.9. The van der Waals surface area contributed by atoms with Crippen LogP contribution in [0.1, 0.15) is 5.56 Å². The number of hydrogen-bond acceptors (Lipinski definition) is 6. The zero-order chi connectivity index (χ0) is 20.7. The zero-order valence-electron chi connectivity index (χ0n) is 15.1. The molecule has 9 nitrogen and oxygen atoms in total.